The molecule has 0 amide bonds. The highest BCUT2D eigenvalue weighted by Crippen LogP contribution is 2.30. The maximum absolute atomic E-state index is 10.0. The van der Waals surface area contributed by atoms with Gasteiger partial charge in [-0.15, -0.1) is 0 Å². The van der Waals surface area contributed by atoms with Crippen molar-refractivity contribution >= 4 is 32.7 Å². The SMILES string of the molecule is CC1(O)CCN(c2ccnc3cc(Br)cnc23)CC1. The molecule has 1 N–H and O–H groups in total. The molecule has 0 bridgehead atoms. The van der Waals surface area contributed by atoms with Crippen LogP contribution in [0.25, 0.3) is 11.0 Å². The third kappa shape index (κ3) is 2.58. The second-order valence-corrected chi connectivity index (χ2v) is 6.25. The average Bonchev–Trinajstić information content (AvgIpc) is 2.38. The van der Waals surface area contributed by atoms with Gasteiger partial charge in [0.05, 0.1) is 16.8 Å². The summed E-state index contributed by atoms with van der Waals surface area (Å²) in [6.45, 7) is 3.61. The van der Waals surface area contributed by atoms with Gasteiger partial charge in [0.25, 0.3) is 0 Å². The second-order valence-electron chi connectivity index (χ2n) is 5.34. The minimum atomic E-state index is -0.532. The summed E-state index contributed by atoms with van der Waals surface area (Å²) in [5.74, 6) is 0. The van der Waals surface area contributed by atoms with Crippen molar-refractivity contribution < 1.29 is 5.11 Å². The van der Waals surface area contributed by atoms with Gasteiger partial charge in [0.2, 0.25) is 0 Å². The Kier molecular flexibility index (Phi) is 3.19. The first kappa shape index (κ1) is 12.8. The Balaban J connectivity index is 1.97. The van der Waals surface area contributed by atoms with Gasteiger partial charge in [-0.2, -0.15) is 0 Å². The van der Waals surface area contributed by atoms with Crippen LogP contribution in [0.2, 0.25) is 0 Å². The van der Waals surface area contributed by atoms with Crippen molar-refractivity contribution in [3.63, 3.8) is 0 Å². The molecule has 2 aromatic rings. The van der Waals surface area contributed by atoms with Crippen molar-refractivity contribution in [2.24, 2.45) is 0 Å². The fraction of sp³-hybridized carbons (Fsp3) is 0.429. The number of rotatable bonds is 1. The highest BCUT2D eigenvalue weighted by Gasteiger charge is 2.28. The summed E-state index contributed by atoms with van der Waals surface area (Å²) in [5.41, 5.74) is 2.39. The molecule has 0 aliphatic carbocycles. The molecule has 0 atom stereocenters. The monoisotopic (exact) mass is 321 g/mol. The van der Waals surface area contributed by atoms with E-state index in [0.29, 0.717) is 0 Å². The third-order valence-corrected chi connectivity index (χ3v) is 4.14. The molecule has 2 aromatic heterocycles. The number of aliphatic hydroxyl groups is 1. The van der Waals surface area contributed by atoms with Gasteiger partial charge in [-0.1, -0.05) is 0 Å². The molecule has 3 heterocycles. The van der Waals surface area contributed by atoms with Crippen molar-refractivity contribution in [1.82, 2.24) is 9.97 Å². The summed E-state index contributed by atoms with van der Waals surface area (Å²) in [5, 5.41) is 10.0. The molecule has 1 saturated heterocycles. The number of aromatic nitrogens is 2. The number of fused-ring (bicyclic) bond motifs is 1. The second kappa shape index (κ2) is 4.72. The van der Waals surface area contributed by atoms with E-state index in [1.165, 1.54) is 0 Å². The quantitative estimate of drug-likeness (QED) is 0.877. The maximum Gasteiger partial charge on any atom is 0.112 e. The van der Waals surface area contributed by atoms with Crippen molar-refractivity contribution in [2.75, 3.05) is 18.0 Å². The molecule has 5 heteroatoms. The van der Waals surface area contributed by atoms with Gasteiger partial charge in [0, 0.05) is 30.0 Å². The van der Waals surface area contributed by atoms with Gasteiger partial charge in [0.15, 0.2) is 0 Å². The van der Waals surface area contributed by atoms with Crippen LogP contribution in [0.1, 0.15) is 19.8 Å². The first-order chi connectivity index (χ1) is 9.05. The van der Waals surface area contributed by atoms with Gasteiger partial charge < -0.3 is 10.0 Å². The molecule has 0 aromatic carbocycles. The van der Waals surface area contributed by atoms with Crippen molar-refractivity contribution in [3.8, 4) is 0 Å². The molecular weight excluding hydrogens is 306 g/mol. The first-order valence-corrected chi connectivity index (χ1v) is 7.22. The Morgan fingerprint density at radius 2 is 2.05 bits per heavy atom. The summed E-state index contributed by atoms with van der Waals surface area (Å²) < 4.78 is 0.936. The Morgan fingerprint density at radius 3 is 2.79 bits per heavy atom. The summed E-state index contributed by atoms with van der Waals surface area (Å²) in [7, 11) is 0. The summed E-state index contributed by atoms with van der Waals surface area (Å²) in [6.07, 6.45) is 5.19. The lowest BCUT2D eigenvalue weighted by Gasteiger charge is -2.37. The lowest BCUT2D eigenvalue weighted by Crippen LogP contribution is -2.42. The van der Waals surface area contributed by atoms with E-state index in [1.54, 1.807) is 6.20 Å². The summed E-state index contributed by atoms with van der Waals surface area (Å²) >= 11 is 3.42. The van der Waals surface area contributed by atoms with E-state index in [0.717, 1.165) is 47.1 Å². The van der Waals surface area contributed by atoms with E-state index in [2.05, 4.69) is 30.8 Å². The minimum Gasteiger partial charge on any atom is -0.390 e. The van der Waals surface area contributed by atoms with Crippen LogP contribution in [0.5, 0.6) is 0 Å². The molecule has 1 aliphatic heterocycles. The van der Waals surface area contributed by atoms with Gasteiger partial charge in [-0.25, -0.2) is 0 Å². The van der Waals surface area contributed by atoms with Crippen LogP contribution in [0.4, 0.5) is 5.69 Å². The van der Waals surface area contributed by atoms with E-state index in [4.69, 9.17) is 0 Å². The predicted octanol–water partition coefficient (Wildman–Crippen LogP) is 2.74. The molecule has 0 saturated carbocycles. The van der Waals surface area contributed by atoms with E-state index < -0.39 is 5.60 Å². The number of piperidine rings is 1. The Hall–Kier alpha value is -1.20. The normalized spacial score (nSPS) is 18.8. The number of halogens is 1. The van der Waals surface area contributed by atoms with E-state index in [9.17, 15) is 5.11 Å². The summed E-state index contributed by atoms with van der Waals surface area (Å²) in [6, 6.07) is 3.98. The van der Waals surface area contributed by atoms with E-state index in [-0.39, 0.29) is 0 Å². The maximum atomic E-state index is 10.0. The van der Waals surface area contributed by atoms with Crippen LogP contribution in [0.15, 0.2) is 29.0 Å². The zero-order chi connectivity index (χ0) is 13.5. The Bertz CT molecular complexity index is 605. The molecule has 3 rings (SSSR count). The fourth-order valence-electron chi connectivity index (χ4n) is 2.48. The molecular formula is C14H16BrN3O. The van der Waals surface area contributed by atoms with Gasteiger partial charge in [-0.05, 0) is 47.8 Å². The molecule has 0 radical (unpaired) electrons. The number of hydrogen-bond donors (Lipinski definition) is 1. The highest BCUT2D eigenvalue weighted by molar-refractivity contribution is 9.10. The molecule has 1 aliphatic rings. The third-order valence-electron chi connectivity index (χ3n) is 3.70. The molecule has 4 nitrogen and oxygen atoms in total. The van der Waals surface area contributed by atoms with Crippen LogP contribution in [0.3, 0.4) is 0 Å². The van der Waals surface area contributed by atoms with Crippen molar-refractivity contribution in [2.45, 2.75) is 25.4 Å². The average molecular weight is 322 g/mol. The van der Waals surface area contributed by atoms with Crippen LogP contribution >= 0.6 is 15.9 Å². The fourth-order valence-corrected chi connectivity index (χ4v) is 2.80. The van der Waals surface area contributed by atoms with Crippen LogP contribution in [-0.4, -0.2) is 33.8 Å². The number of pyridine rings is 2. The molecule has 0 unspecified atom stereocenters. The predicted molar refractivity (Wildman–Crippen MR) is 79.3 cm³/mol. The standard InChI is InChI=1S/C14H16BrN3O/c1-14(19)3-6-18(7-4-14)12-2-5-16-11-8-10(15)9-17-13(11)12/h2,5,8-9,19H,3-4,6-7H2,1H3. The van der Waals surface area contributed by atoms with Crippen LogP contribution in [-0.2, 0) is 0 Å². The Labute approximate surface area is 120 Å². The van der Waals surface area contributed by atoms with E-state index >= 15 is 0 Å². The number of hydrogen-bond acceptors (Lipinski definition) is 4. The topological polar surface area (TPSA) is 49.2 Å². The van der Waals surface area contributed by atoms with Crippen LogP contribution in [0, 0.1) is 0 Å². The lowest BCUT2D eigenvalue weighted by molar-refractivity contribution is 0.0352. The minimum absolute atomic E-state index is 0.532. The zero-order valence-corrected chi connectivity index (χ0v) is 12.4. The lowest BCUT2D eigenvalue weighted by atomic mass is 9.93. The smallest absolute Gasteiger partial charge is 0.112 e. The number of nitrogens with zero attached hydrogens (tertiary/aromatic N) is 3. The van der Waals surface area contributed by atoms with E-state index in [1.807, 2.05) is 25.3 Å². The molecule has 100 valence electrons. The van der Waals surface area contributed by atoms with Crippen molar-refractivity contribution in [3.05, 3.63) is 29.0 Å². The zero-order valence-electron chi connectivity index (χ0n) is 10.8. The molecule has 0 spiro atoms. The van der Waals surface area contributed by atoms with Gasteiger partial charge in [0.1, 0.15) is 5.52 Å². The largest absolute Gasteiger partial charge is 0.390 e. The molecule has 1 fully saturated rings. The first-order valence-electron chi connectivity index (χ1n) is 6.43. The summed E-state index contributed by atoms with van der Waals surface area (Å²) in [4.78, 5) is 11.1. The highest BCUT2D eigenvalue weighted by atomic mass is 79.9. The van der Waals surface area contributed by atoms with Crippen LogP contribution < -0.4 is 4.90 Å². The number of anilines is 1. The Morgan fingerprint density at radius 1 is 1.32 bits per heavy atom. The molecule has 19 heavy (non-hydrogen) atoms. The van der Waals surface area contributed by atoms with Gasteiger partial charge >= 0.3 is 0 Å². The van der Waals surface area contributed by atoms with Gasteiger partial charge in [-0.3, -0.25) is 9.97 Å². The van der Waals surface area contributed by atoms with Crippen molar-refractivity contribution in [1.29, 1.82) is 0 Å².